The molecule has 0 radical (unpaired) electrons. The number of thioether (sulfide) groups is 1. The van der Waals surface area contributed by atoms with Crippen molar-refractivity contribution in [3.63, 3.8) is 0 Å². The highest BCUT2D eigenvalue weighted by atomic mass is 32.2. The van der Waals surface area contributed by atoms with Crippen molar-refractivity contribution in [1.82, 2.24) is 0 Å². The first-order valence-corrected chi connectivity index (χ1v) is 4.49. The van der Waals surface area contributed by atoms with E-state index in [9.17, 15) is 9.59 Å². The molecule has 3 N–H and O–H groups in total. The first-order chi connectivity index (χ1) is 5.42. The number of carbonyl (C=O) groups excluding carboxylic acids is 2. The lowest BCUT2D eigenvalue weighted by atomic mass is 9.95. The van der Waals surface area contributed by atoms with E-state index in [1.807, 2.05) is 0 Å². The summed E-state index contributed by atoms with van der Waals surface area (Å²) in [4.78, 5) is 22.0. The summed E-state index contributed by atoms with van der Waals surface area (Å²) in [6.07, 6.45) is 0. The molecule has 0 spiro atoms. The van der Waals surface area contributed by atoms with Crippen LogP contribution in [-0.2, 0) is 9.59 Å². The van der Waals surface area contributed by atoms with Gasteiger partial charge < -0.3 is 10.8 Å². The number of aliphatic hydroxyl groups is 1. The Bertz CT molecular complexity index is 191. The van der Waals surface area contributed by atoms with Crippen LogP contribution in [0.5, 0.6) is 0 Å². The van der Waals surface area contributed by atoms with Gasteiger partial charge in [-0.25, -0.2) is 0 Å². The molecule has 0 aromatic carbocycles. The number of aliphatic hydroxyl groups excluding tert-OH is 1. The van der Waals surface area contributed by atoms with E-state index in [1.54, 1.807) is 0 Å². The van der Waals surface area contributed by atoms with Crippen molar-refractivity contribution >= 4 is 22.8 Å². The molecule has 1 amide bonds. The average Bonchev–Trinajstić information content (AvgIpc) is 1.99. The zero-order valence-corrected chi connectivity index (χ0v) is 7.98. The molecule has 70 valence electrons. The van der Waals surface area contributed by atoms with Gasteiger partial charge in [0.15, 0.2) is 0 Å². The van der Waals surface area contributed by atoms with Crippen LogP contribution in [0.25, 0.3) is 0 Å². The summed E-state index contributed by atoms with van der Waals surface area (Å²) in [6, 6.07) is 0. The third-order valence-electron chi connectivity index (χ3n) is 1.45. The molecule has 0 saturated carbocycles. The Hall–Kier alpha value is -0.550. The van der Waals surface area contributed by atoms with E-state index in [0.717, 1.165) is 11.8 Å². The summed E-state index contributed by atoms with van der Waals surface area (Å²) in [6.45, 7) is 2.87. The Kier molecular flexibility index (Phi) is 4.26. The lowest BCUT2D eigenvalue weighted by Crippen LogP contribution is -2.37. The van der Waals surface area contributed by atoms with Crippen LogP contribution in [-0.4, -0.2) is 28.5 Å². The molecule has 12 heavy (non-hydrogen) atoms. The second-order valence-electron chi connectivity index (χ2n) is 2.85. The molecule has 0 aliphatic rings. The van der Waals surface area contributed by atoms with Crippen LogP contribution in [0.4, 0.5) is 0 Å². The number of amides is 1. The number of hydrogen-bond acceptors (Lipinski definition) is 4. The minimum atomic E-state index is -1.14. The molecule has 0 aromatic rings. The van der Waals surface area contributed by atoms with E-state index < -0.39 is 11.3 Å². The minimum absolute atomic E-state index is 0.0781. The lowest BCUT2D eigenvalue weighted by molar-refractivity contribution is -0.133. The molecule has 0 saturated heterocycles. The van der Waals surface area contributed by atoms with E-state index >= 15 is 0 Å². The van der Waals surface area contributed by atoms with E-state index in [4.69, 9.17) is 10.8 Å². The van der Waals surface area contributed by atoms with Gasteiger partial charge in [-0.3, -0.25) is 9.59 Å². The van der Waals surface area contributed by atoms with Crippen LogP contribution in [0.15, 0.2) is 0 Å². The minimum Gasteiger partial charge on any atom is -0.396 e. The van der Waals surface area contributed by atoms with Crippen LogP contribution in [0.3, 0.4) is 0 Å². The van der Waals surface area contributed by atoms with Crippen molar-refractivity contribution in [1.29, 1.82) is 0 Å². The van der Waals surface area contributed by atoms with Gasteiger partial charge in [0.2, 0.25) is 11.0 Å². The van der Waals surface area contributed by atoms with Gasteiger partial charge in [-0.05, 0) is 13.8 Å². The summed E-state index contributed by atoms with van der Waals surface area (Å²) in [5.74, 6) is -0.340. The summed E-state index contributed by atoms with van der Waals surface area (Å²) in [5, 5.41) is 8.13. The fraction of sp³-hybridized carbons (Fsp3) is 0.714. The van der Waals surface area contributed by atoms with Gasteiger partial charge in [0.25, 0.3) is 0 Å². The predicted octanol–water partition coefficient (Wildman–Crippen LogP) is -0.250. The molecule has 0 fully saturated rings. The molecule has 0 unspecified atom stereocenters. The van der Waals surface area contributed by atoms with Crippen LogP contribution in [0, 0.1) is 5.41 Å². The van der Waals surface area contributed by atoms with Crippen LogP contribution in [0.2, 0.25) is 0 Å². The van der Waals surface area contributed by atoms with Gasteiger partial charge in [0.05, 0.1) is 6.61 Å². The zero-order valence-electron chi connectivity index (χ0n) is 7.16. The molecule has 0 aromatic heterocycles. The van der Waals surface area contributed by atoms with E-state index in [1.165, 1.54) is 13.8 Å². The molecule has 0 atom stereocenters. The fourth-order valence-electron chi connectivity index (χ4n) is 0.419. The van der Waals surface area contributed by atoms with Crippen molar-refractivity contribution in [3.05, 3.63) is 0 Å². The largest absolute Gasteiger partial charge is 0.396 e. The van der Waals surface area contributed by atoms with Gasteiger partial charge in [-0.2, -0.15) is 0 Å². The normalized spacial score (nSPS) is 11.2. The SMILES string of the molecule is CC(C)(C(N)=O)C(=O)SCCO. The monoisotopic (exact) mass is 191 g/mol. The van der Waals surface area contributed by atoms with Crippen molar-refractivity contribution in [3.8, 4) is 0 Å². The topological polar surface area (TPSA) is 80.4 Å². The van der Waals surface area contributed by atoms with Crippen molar-refractivity contribution < 1.29 is 14.7 Å². The van der Waals surface area contributed by atoms with Crippen LogP contribution >= 0.6 is 11.8 Å². The Morgan fingerprint density at radius 3 is 2.33 bits per heavy atom. The third kappa shape index (κ3) is 2.83. The Labute approximate surface area is 75.5 Å². The van der Waals surface area contributed by atoms with Gasteiger partial charge in [-0.1, -0.05) is 11.8 Å². The number of nitrogens with two attached hydrogens (primary N) is 1. The molecule has 0 aliphatic heterocycles. The highest BCUT2D eigenvalue weighted by molar-refractivity contribution is 8.13. The zero-order chi connectivity index (χ0) is 9.78. The van der Waals surface area contributed by atoms with Crippen molar-refractivity contribution in [2.45, 2.75) is 13.8 Å². The molecule has 0 bridgehead atoms. The van der Waals surface area contributed by atoms with Gasteiger partial charge in [-0.15, -0.1) is 0 Å². The second kappa shape index (κ2) is 4.47. The molecule has 4 nitrogen and oxygen atoms in total. The Morgan fingerprint density at radius 1 is 1.50 bits per heavy atom. The number of hydrogen-bond donors (Lipinski definition) is 2. The summed E-state index contributed by atoms with van der Waals surface area (Å²) in [5.41, 5.74) is 3.87. The maximum absolute atomic E-state index is 11.2. The first kappa shape index (κ1) is 11.4. The average molecular weight is 191 g/mol. The van der Waals surface area contributed by atoms with Gasteiger partial charge in [0, 0.05) is 5.75 Å². The highest BCUT2D eigenvalue weighted by Crippen LogP contribution is 2.22. The highest BCUT2D eigenvalue weighted by Gasteiger charge is 2.33. The van der Waals surface area contributed by atoms with Crippen LogP contribution in [0.1, 0.15) is 13.8 Å². The molecule has 0 rings (SSSR count). The quantitative estimate of drug-likeness (QED) is 0.600. The standard InChI is InChI=1S/C7H13NO3S/c1-7(2,5(8)10)6(11)12-4-3-9/h9H,3-4H2,1-2H3,(H2,8,10). The number of rotatable bonds is 4. The molecular weight excluding hydrogens is 178 g/mol. The maximum Gasteiger partial charge on any atom is 0.231 e. The molecule has 0 aliphatic carbocycles. The molecule has 5 heteroatoms. The maximum atomic E-state index is 11.2. The van der Waals surface area contributed by atoms with Crippen molar-refractivity contribution in [2.75, 3.05) is 12.4 Å². The van der Waals surface area contributed by atoms with Crippen LogP contribution < -0.4 is 5.73 Å². The number of primary amides is 1. The van der Waals surface area contributed by atoms with E-state index in [0.29, 0.717) is 5.75 Å². The van der Waals surface area contributed by atoms with E-state index in [-0.39, 0.29) is 11.7 Å². The predicted molar refractivity (Wildman–Crippen MR) is 47.5 cm³/mol. The lowest BCUT2D eigenvalue weighted by Gasteiger charge is -2.17. The summed E-state index contributed by atoms with van der Waals surface area (Å²) >= 11 is 0.922. The number of carbonyl (C=O) groups is 2. The molecule has 0 heterocycles. The van der Waals surface area contributed by atoms with Crippen molar-refractivity contribution in [2.24, 2.45) is 11.1 Å². The smallest absolute Gasteiger partial charge is 0.231 e. The third-order valence-corrected chi connectivity index (χ3v) is 2.61. The summed E-state index contributed by atoms with van der Waals surface area (Å²) < 4.78 is 0. The summed E-state index contributed by atoms with van der Waals surface area (Å²) in [7, 11) is 0. The van der Waals surface area contributed by atoms with Gasteiger partial charge >= 0.3 is 0 Å². The van der Waals surface area contributed by atoms with Gasteiger partial charge in [0.1, 0.15) is 5.41 Å². The van der Waals surface area contributed by atoms with E-state index in [2.05, 4.69) is 0 Å². The first-order valence-electron chi connectivity index (χ1n) is 3.51. The Morgan fingerprint density at radius 2 is 2.00 bits per heavy atom. The second-order valence-corrected chi connectivity index (χ2v) is 3.92. The molecular formula is C7H13NO3S. The fourth-order valence-corrected chi connectivity index (χ4v) is 1.16. The Balaban J connectivity index is 4.16.